The summed E-state index contributed by atoms with van der Waals surface area (Å²) in [6, 6.07) is 2.01. The molecule has 0 saturated heterocycles. The molecule has 2 aromatic rings. The molecule has 4 nitrogen and oxygen atoms in total. The monoisotopic (exact) mass is 331 g/mol. The summed E-state index contributed by atoms with van der Waals surface area (Å²) in [5.74, 6) is 2.15. The van der Waals surface area contributed by atoms with Gasteiger partial charge in [0.1, 0.15) is 17.3 Å². The van der Waals surface area contributed by atoms with Crippen molar-refractivity contribution < 1.29 is 4.74 Å². The van der Waals surface area contributed by atoms with Gasteiger partial charge in [0, 0.05) is 22.9 Å². The molecule has 0 aliphatic rings. The fourth-order valence-corrected chi connectivity index (χ4v) is 3.63. The molecule has 124 valence electrons. The van der Waals surface area contributed by atoms with E-state index in [-0.39, 0.29) is 0 Å². The number of imidazole rings is 1. The fraction of sp³-hybridized carbons (Fsp3) is 0.444. The van der Waals surface area contributed by atoms with Gasteiger partial charge in [-0.05, 0) is 44.3 Å². The largest absolute Gasteiger partial charge is 0.496 e. The summed E-state index contributed by atoms with van der Waals surface area (Å²) in [5.41, 5.74) is 3.69. The normalized spacial score (nSPS) is 12.0. The van der Waals surface area contributed by atoms with E-state index in [1.54, 1.807) is 18.4 Å². The molecule has 0 aromatic carbocycles. The number of hydrogen-bond donors (Lipinski definition) is 2. The lowest BCUT2D eigenvalue weighted by molar-refractivity contribution is 0.417. The molecule has 2 aromatic heterocycles. The van der Waals surface area contributed by atoms with Crippen LogP contribution in [0.15, 0.2) is 17.5 Å². The van der Waals surface area contributed by atoms with E-state index >= 15 is 0 Å². The zero-order valence-electron chi connectivity index (χ0n) is 14.5. The highest BCUT2D eigenvalue weighted by Crippen LogP contribution is 2.34. The molecule has 2 N–H and O–H groups in total. The molecule has 0 radical (unpaired) electrons. The van der Waals surface area contributed by atoms with E-state index in [1.807, 2.05) is 31.4 Å². The van der Waals surface area contributed by atoms with Crippen LogP contribution in [0.3, 0.4) is 0 Å². The molecule has 0 spiro atoms. The first-order valence-corrected chi connectivity index (χ1v) is 8.84. The number of rotatable bonds is 7. The van der Waals surface area contributed by atoms with E-state index < -0.39 is 0 Å². The van der Waals surface area contributed by atoms with Gasteiger partial charge in [0.25, 0.3) is 0 Å². The average molecular weight is 331 g/mol. The smallest absolute Gasteiger partial charge is 0.134 e. The van der Waals surface area contributed by atoms with E-state index in [0.29, 0.717) is 11.6 Å². The van der Waals surface area contributed by atoms with E-state index in [4.69, 9.17) is 15.1 Å². The van der Waals surface area contributed by atoms with Gasteiger partial charge >= 0.3 is 0 Å². The first kappa shape index (κ1) is 17.5. The number of ether oxygens (including phenoxy) is 1. The number of H-pyrrole nitrogens is 1. The Bertz CT molecular complexity index is 708. The Kier molecular flexibility index (Phi) is 5.77. The minimum absolute atomic E-state index is 0.409. The Hall–Kier alpha value is -1.88. The molecule has 0 aliphatic heterocycles. The maximum Gasteiger partial charge on any atom is 0.134 e. The van der Waals surface area contributed by atoms with Crippen molar-refractivity contribution >= 4 is 22.6 Å². The van der Waals surface area contributed by atoms with Crippen LogP contribution < -0.4 is 4.74 Å². The maximum absolute atomic E-state index is 7.84. The van der Waals surface area contributed by atoms with Crippen LogP contribution in [0, 0.1) is 18.3 Å². The standard InChI is InChI=1S/C18H25N3OS/c1-6-13(7-2)15(8-11(3)19)18-20-12(4)17(21-18)16-9-14(22-5)10-23-16/h8-10,13,19H,6-7H2,1-5H3,(H,20,21)/b15-8-,19-11?. The highest BCUT2D eigenvalue weighted by Gasteiger charge is 2.19. The minimum atomic E-state index is 0.409. The SMILES string of the molecule is CCC(CC)/C(=C/C(C)=N)c1nc(-c2cc(OC)cs2)c(C)[nH]1. The van der Waals surface area contributed by atoms with Crippen molar-refractivity contribution in [2.75, 3.05) is 7.11 Å². The van der Waals surface area contributed by atoms with Crippen molar-refractivity contribution in [3.05, 3.63) is 29.0 Å². The first-order valence-electron chi connectivity index (χ1n) is 7.96. The van der Waals surface area contributed by atoms with Gasteiger partial charge in [-0.25, -0.2) is 4.98 Å². The molecule has 2 rings (SSSR count). The number of hydrogen-bond acceptors (Lipinski definition) is 4. The second-order valence-electron chi connectivity index (χ2n) is 5.71. The highest BCUT2D eigenvalue weighted by atomic mass is 32.1. The fourth-order valence-electron chi connectivity index (χ4n) is 2.73. The second kappa shape index (κ2) is 7.59. The zero-order chi connectivity index (χ0) is 17.0. The molecule has 0 atom stereocenters. The summed E-state index contributed by atoms with van der Waals surface area (Å²) in [5, 5.41) is 9.83. The van der Waals surface area contributed by atoms with Crippen LogP contribution >= 0.6 is 11.3 Å². The number of nitrogens with zero attached hydrogens (tertiary/aromatic N) is 1. The predicted molar refractivity (Wildman–Crippen MR) is 98.6 cm³/mol. The van der Waals surface area contributed by atoms with Crippen molar-refractivity contribution in [3.63, 3.8) is 0 Å². The maximum atomic E-state index is 7.84. The Labute approximate surface area is 142 Å². The molecule has 0 amide bonds. The lowest BCUT2D eigenvalue weighted by atomic mass is 9.92. The van der Waals surface area contributed by atoms with Gasteiger partial charge in [-0.1, -0.05) is 13.8 Å². The predicted octanol–water partition coefficient (Wildman–Crippen LogP) is 5.31. The Morgan fingerprint density at radius 3 is 2.65 bits per heavy atom. The van der Waals surface area contributed by atoms with Crippen LogP contribution in [0.1, 0.15) is 45.1 Å². The number of methoxy groups -OCH3 is 1. The van der Waals surface area contributed by atoms with Gasteiger partial charge in [-0.2, -0.15) is 0 Å². The third-order valence-electron chi connectivity index (χ3n) is 4.00. The van der Waals surface area contributed by atoms with Crippen molar-refractivity contribution in [1.82, 2.24) is 9.97 Å². The van der Waals surface area contributed by atoms with E-state index in [9.17, 15) is 0 Å². The van der Waals surface area contributed by atoms with Crippen LogP contribution in [0.4, 0.5) is 0 Å². The minimum Gasteiger partial charge on any atom is -0.496 e. The topological polar surface area (TPSA) is 61.8 Å². The molecule has 23 heavy (non-hydrogen) atoms. The molecule has 2 heterocycles. The summed E-state index contributed by atoms with van der Waals surface area (Å²) in [7, 11) is 1.68. The van der Waals surface area contributed by atoms with Crippen LogP contribution in [0.2, 0.25) is 0 Å². The van der Waals surface area contributed by atoms with Gasteiger partial charge in [-0.15, -0.1) is 11.3 Å². The quantitative estimate of drug-likeness (QED) is 0.675. The summed E-state index contributed by atoms with van der Waals surface area (Å²) >= 11 is 1.63. The number of allylic oxidation sites excluding steroid dienone is 2. The van der Waals surface area contributed by atoms with Crippen molar-refractivity contribution in [2.45, 2.75) is 40.5 Å². The summed E-state index contributed by atoms with van der Waals surface area (Å²) in [4.78, 5) is 9.34. The second-order valence-corrected chi connectivity index (χ2v) is 6.62. The van der Waals surface area contributed by atoms with Gasteiger partial charge in [0.15, 0.2) is 0 Å². The van der Waals surface area contributed by atoms with Crippen LogP contribution in [0.5, 0.6) is 5.75 Å². The zero-order valence-corrected chi connectivity index (χ0v) is 15.3. The molecular formula is C18H25N3OS. The molecule has 0 aliphatic carbocycles. The summed E-state index contributed by atoms with van der Waals surface area (Å²) < 4.78 is 5.27. The lowest BCUT2D eigenvalue weighted by Gasteiger charge is -2.15. The average Bonchev–Trinajstić information content (AvgIpc) is 3.13. The Balaban J connectivity index is 2.46. The Morgan fingerprint density at radius 1 is 1.43 bits per heavy atom. The van der Waals surface area contributed by atoms with Crippen molar-refractivity contribution in [2.24, 2.45) is 5.92 Å². The van der Waals surface area contributed by atoms with Crippen molar-refractivity contribution in [3.8, 4) is 16.3 Å². The molecule has 0 unspecified atom stereocenters. The molecule has 0 fully saturated rings. The highest BCUT2D eigenvalue weighted by molar-refractivity contribution is 7.13. The number of thiophene rings is 1. The van der Waals surface area contributed by atoms with Crippen LogP contribution in [0.25, 0.3) is 16.1 Å². The molecular weight excluding hydrogens is 306 g/mol. The van der Waals surface area contributed by atoms with E-state index in [1.165, 1.54) is 0 Å². The van der Waals surface area contributed by atoms with Crippen LogP contribution in [-0.4, -0.2) is 22.8 Å². The first-order chi connectivity index (χ1) is 11.0. The third-order valence-corrected chi connectivity index (χ3v) is 4.92. The number of aromatic amines is 1. The van der Waals surface area contributed by atoms with Gasteiger partial charge < -0.3 is 15.1 Å². The molecule has 5 heteroatoms. The molecule has 0 saturated carbocycles. The summed E-state index contributed by atoms with van der Waals surface area (Å²) in [6.45, 7) is 8.22. The number of aryl methyl sites for hydroxylation is 1. The van der Waals surface area contributed by atoms with E-state index in [0.717, 1.165) is 46.3 Å². The molecule has 0 bridgehead atoms. The van der Waals surface area contributed by atoms with Gasteiger partial charge in [0.05, 0.1) is 12.0 Å². The van der Waals surface area contributed by atoms with E-state index in [2.05, 4.69) is 18.8 Å². The Morgan fingerprint density at radius 2 is 2.13 bits per heavy atom. The van der Waals surface area contributed by atoms with Crippen LogP contribution in [-0.2, 0) is 0 Å². The third kappa shape index (κ3) is 3.91. The van der Waals surface area contributed by atoms with Gasteiger partial charge in [-0.3, -0.25) is 0 Å². The number of aromatic nitrogens is 2. The number of nitrogens with one attached hydrogen (secondary N) is 2. The van der Waals surface area contributed by atoms with Gasteiger partial charge in [0.2, 0.25) is 0 Å². The lowest BCUT2D eigenvalue weighted by Crippen LogP contribution is -2.04. The summed E-state index contributed by atoms with van der Waals surface area (Å²) in [6.07, 6.45) is 4.02. The van der Waals surface area contributed by atoms with Crippen molar-refractivity contribution in [1.29, 1.82) is 5.41 Å².